The van der Waals surface area contributed by atoms with Gasteiger partial charge in [0.15, 0.2) is 0 Å². The molecule has 0 aliphatic carbocycles. The second-order valence-corrected chi connectivity index (χ2v) is 3.26. The molecule has 2 rings (SSSR count). The maximum absolute atomic E-state index is 3.86. The molecule has 0 nitrogen and oxygen atoms in total. The largest absolute Gasteiger partial charge is 0.236 e. The summed E-state index contributed by atoms with van der Waals surface area (Å²) >= 11 is 0. The van der Waals surface area contributed by atoms with Crippen LogP contribution in [0.25, 0.3) is 5.57 Å². The van der Waals surface area contributed by atoms with Gasteiger partial charge in [-0.1, -0.05) is 35.9 Å². The predicted molar refractivity (Wildman–Crippen MR) is 64.2 cm³/mol. The maximum atomic E-state index is 3.86. The fraction of sp³-hybridized carbons (Fsp3) is 0. The molecule has 0 unspecified atom stereocenters. The van der Waals surface area contributed by atoms with E-state index in [1.54, 1.807) is 0 Å². The van der Waals surface area contributed by atoms with Crippen molar-refractivity contribution in [1.29, 1.82) is 0 Å². The van der Waals surface area contributed by atoms with Crippen molar-refractivity contribution in [2.75, 3.05) is 0 Å². The number of benzene rings is 2. The van der Waals surface area contributed by atoms with Crippen LogP contribution < -0.4 is 0 Å². The monoisotopic (exact) mass is 281 g/mol. The van der Waals surface area contributed by atoms with Crippen LogP contribution in [0.5, 0.6) is 0 Å². The summed E-state index contributed by atoms with van der Waals surface area (Å²) in [6.07, 6.45) is 1.88. The van der Waals surface area contributed by atoms with Gasteiger partial charge in [0.05, 0.1) is 0 Å². The molecule has 0 saturated heterocycles. The quantitative estimate of drug-likeness (QED) is 0.735. The smallest absolute Gasteiger partial charge is 0 e. The summed E-state index contributed by atoms with van der Waals surface area (Å²) in [5.74, 6) is 0. The van der Waals surface area contributed by atoms with Crippen LogP contribution in [-0.4, -0.2) is 0 Å². The Balaban J connectivity index is 0.00000128. The standard InChI is InChI=1S/C15H12.Y/c1-2-15(13-9-5-3-6-10-13)14-11-7-4-8-12-14;/h2-11H,1H2;/q-2;/b15-2-;. The van der Waals surface area contributed by atoms with E-state index in [1.807, 2.05) is 48.5 Å². The van der Waals surface area contributed by atoms with Gasteiger partial charge >= 0.3 is 0 Å². The molecule has 0 N–H and O–H groups in total. The van der Waals surface area contributed by atoms with Gasteiger partial charge in [0, 0.05) is 32.7 Å². The van der Waals surface area contributed by atoms with Crippen LogP contribution in [0.2, 0.25) is 0 Å². The number of hydrogen-bond acceptors (Lipinski definition) is 0. The second-order valence-electron chi connectivity index (χ2n) is 3.26. The summed E-state index contributed by atoms with van der Waals surface area (Å²) in [7, 11) is 0. The van der Waals surface area contributed by atoms with Crippen LogP contribution in [0.4, 0.5) is 0 Å². The fourth-order valence-corrected chi connectivity index (χ4v) is 1.56. The van der Waals surface area contributed by atoms with E-state index in [0.29, 0.717) is 0 Å². The molecule has 1 heteroatoms. The summed E-state index contributed by atoms with van der Waals surface area (Å²) in [4.78, 5) is 0. The Morgan fingerprint density at radius 3 is 2.25 bits per heavy atom. The third-order valence-corrected chi connectivity index (χ3v) is 2.29. The van der Waals surface area contributed by atoms with Crippen LogP contribution in [0, 0.1) is 13.0 Å². The molecular formula is C15H12Y-2. The Kier molecular flexibility index (Phi) is 5.52. The van der Waals surface area contributed by atoms with Crippen LogP contribution >= 0.6 is 0 Å². The van der Waals surface area contributed by atoms with Crippen molar-refractivity contribution < 1.29 is 32.7 Å². The minimum absolute atomic E-state index is 0. The van der Waals surface area contributed by atoms with Crippen molar-refractivity contribution in [2.24, 2.45) is 0 Å². The molecule has 77 valence electrons. The van der Waals surface area contributed by atoms with Crippen molar-refractivity contribution in [2.45, 2.75) is 0 Å². The van der Waals surface area contributed by atoms with Gasteiger partial charge in [0.1, 0.15) is 0 Å². The Bertz CT molecular complexity index is 402. The van der Waals surface area contributed by atoms with Crippen LogP contribution in [0.15, 0.2) is 60.7 Å². The molecule has 0 atom stereocenters. The second kappa shape index (κ2) is 6.68. The summed E-state index contributed by atoms with van der Waals surface area (Å²) in [6, 6.07) is 21.4. The molecule has 0 spiro atoms. The van der Waals surface area contributed by atoms with Crippen molar-refractivity contribution >= 4 is 5.57 Å². The molecule has 2 aromatic carbocycles. The molecule has 0 bridgehead atoms. The molecule has 0 aliphatic rings. The van der Waals surface area contributed by atoms with Gasteiger partial charge in [-0.05, 0) is 0 Å². The first kappa shape index (κ1) is 13.2. The van der Waals surface area contributed by atoms with Gasteiger partial charge in [-0.15, -0.1) is 41.5 Å². The third-order valence-electron chi connectivity index (χ3n) is 2.29. The molecule has 0 amide bonds. The van der Waals surface area contributed by atoms with E-state index in [-0.39, 0.29) is 32.7 Å². The van der Waals surface area contributed by atoms with E-state index in [4.69, 9.17) is 0 Å². The van der Waals surface area contributed by atoms with Gasteiger partial charge in [0.25, 0.3) is 0 Å². The summed E-state index contributed by atoms with van der Waals surface area (Å²) in [5, 5.41) is 0. The van der Waals surface area contributed by atoms with E-state index < -0.39 is 0 Å². The maximum Gasteiger partial charge on any atom is 0 e. The van der Waals surface area contributed by atoms with Gasteiger partial charge in [-0.25, -0.2) is 6.92 Å². The van der Waals surface area contributed by atoms with E-state index in [2.05, 4.69) is 25.1 Å². The third kappa shape index (κ3) is 3.07. The first-order chi connectivity index (χ1) is 7.42. The molecule has 2 aromatic rings. The van der Waals surface area contributed by atoms with Gasteiger partial charge in [-0.3, -0.25) is 0 Å². The fourth-order valence-electron chi connectivity index (χ4n) is 1.56. The molecule has 0 heterocycles. The summed E-state index contributed by atoms with van der Waals surface area (Å²) < 4.78 is 0. The zero-order valence-electron chi connectivity index (χ0n) is 9.06. The van der Waals surface area contributed by atoms with Gasteiger partial charge in [-0.2, -0.15) is 6.08 Å². The minimum atomic E-state index is 0. The molecule has 1 radical (unpaired) electrons. The van der Waals surface area contributed by atoms with Crippen LogP contribution in [0.1, 0.15) is 11.1 Å². The number of allylic oxidation sites excluding steroid dienone is 1. The predicted octanol–water partition coefficient (Wildman–Crippen LogP) is 3.75. The molecular weight excluding hydrogens is 269 g/mol. The van der Waals surface area contributed by atoms with E-state index in [1.165, 1.54) is 5.56 Å². The Morgan fingerprint density at radius 2 is 1.69 bits per heavy atom. The SMILES string of the molecule is [CH2-]/C=C(\c1[c-]cccc1)c1ccccc1.[Y]. The average molecular weight is 281 g/mol. The van der Waals surface area contributed by atoms with E-state index >= 15 is 0 Å². The molecule has 16 heavy (non-hydrogen) atoms. The van der Waals surface area contributed by atoms with Crippen molar-refractivity contribution in [3.05, 3.63) is 84.8 Å². The van der Waals surface area contributed by atoms with E-state index in [0.717, 1.165) is 11.1 Å². The molecule has 0 fully saturated rings. The van der Waals surface area contributed by atoms with Crippen molar-refractivity contribution in [1.82, 2.24) is 0 Å². The van der Waals surface area contributed by atoms with Gasteiger partial charge < -0.3 is 0 Å². The number of hydrogen-bond donors (Lipinski definition) is 0. The summed E-state index contributed by atoms with van der Waals surface area (Å²) in [6.45, 7) is 3.86. The summed E-state index contributed by atoms with van der Waals surface area (Å²) in [5.41, 5.74) is 3.38. The Hall–Kier alpha value is -0.846. The minimum Gasteiger partial charge on any atom is -0.236 e. The van der Waals surface area contributed by atoms with E-state index in [9.17, 15) is 0 Å². The van der Waals surface area contributed by atoms with Crippen molar-refractivity contribution in [3.63, 3.8) is 0 Å². The van der Waals surface area contributed by atoms with Crippen molar-refractivity contribution in [3.8, 4) is 0 Å². The topological polar surface area (TPSA) is 0 Å². The normalized spacial score (nSPS) is 10.6. The average Bonchev–Trinajstić information content (AvgIpc) is 2.33. The van der Waals surface area contributed by atoms with Gasteiger partial charge in [0.2, 0.25) is 0 Å². The Morgan fingerprint density at radius 1 is 1.00 bits per heavy atom. The van der Waals surface area contributed by atoms with Crippen LogP contribution in [0.3, 0.4) is 0 Å². The first-order valence-electron chi connectivity index (χ1n) is 4.93. The first-order valence-corrected chi connectivity index (χ1v) is 4.93. The molecule has 0 saturated carbocycles. The molecule has 0 aliphatic heterocycles. The number of rotatable bonds is 2. The Labute approximate surface area is 122 Å². The van der Waals surface area contributed by atoms with Crippen LogP contribution in [-0.2, 0) is 32.7 Å². The molecule has 0 aromatic heterocycles. The zero-order chi connectivity index (χ0) is 10.5. The zero-order valence-corrected chi connectivity index (χ0v) is 11.9.